The van der Waals surface area contributed by atoms with Gasteiger partial charge in [-0.05, 0) is 48.2 Å². The molecule has 0 aliphatic carbocycles. The van der Waals surface area contributed by atoms with Gasteiger partial charge in [-0.3, -0.25) is 0 Å². The van der Waals surface area contributed by atoms with Crippen molar-refractivity contribution in [2.24, 2.45) is 5.73 Å². The van der Waals surface area contributed by atoms with E-state index < -0.39 is 10.0 Å². The lowest BCUT2D eigenvalue weighted by molar-refractivity contribution is 0.391. The molecular formula is C17H20N2O2S. The summed E-state index contributed by atoms with van der Waals surface area (Å²) in [5.41, 5.74) is 8.92. The largest absolute Gasteiger partial charge is 0.330 e. The van der Waals surface area contributed by atoms with E-state index in [0.717, 1.165) is 24.0 Å². The molecule has 0 aromatic heterocycles. The Labute approximate surface area is 131 Å². The van der Waals surface area contributed by atoms with Crippen molar-refractivity contribution < 1.29 is 8.42 Å². The topological polar surface area (TPSA) is 63.4 Å². The van der Waals surface area contributed by atoms with Crippen molar-refractivity contribution >= 4 is 10.0 Å². The Morgan fingerprint density at radius 2 is 1.68 bits per heavy atom. The zero-order valence-corrected chi connectivity index (χ0v) is 13.2. The monoisotopic (exact) mass is 316 g/mol. The molecule has 22 heavy (non-hydrogen) atoms. The van der Waals surface area contributed by atoms with Crippen LogP contribution in [0.4, 0.5) is 0 Å². The molecular weight excluding hydrogens is 296 g/mol. The SMILES string of the molecule is NCCc1ccc(S(=O)(=O)N2CCc3ccccc3C2)cc1. The number of nitrogens with two attached hydrogens (primary N) is 1. The third-order valence-electron chi connectivity index (χ3n) is 4.09. The van der Waals surface area contributed by atoms with Crippen LogP contribution in [0.15, 0.2) is 53.4 Å². The lowest BCUT2D eigenvalue weighted by Crippen LogP contribution is -2.35. The molecule has 0 spiro atoms. The van der Waals surface area contributed by atoms with Gasteiger partial charge in [0.25, 0.3) is 0 Å². The van der Waals surface area contributed by atoms with E-state index in [1.807, 2.05) is 30.3 Å². The molecule has 1 heterocycles. The van der Waals surface area contributed by atoms with E-state index in [1.165, 1.54) is 5.56 Å². The number of nitrogens with zero attached hydrogens (tertiary/aromatic N) is 1. The molecule has 0 atom stereocenters. The predicted octanol–water partition coefficient (Wildman–Crippen LogP) is 1.93. The Morgan fingerprint density at radius 3 is 2.36 bits per heavy atom. The Bertz CT molecular complexity index is 754. The van der Waals surface area contributed by atoms with Crippen molar-refractivity contribution in [3.8, 4) is 0 Å². The van der Waals surface area contributed by atoms with Gasteiger partial charge in [-0.1, -0.05) is 36.4 Å². The average Bonchev–Trinajstić information content (AvgIpc) is 2.55. The van der Waals surface area contributed by atoms with E-state index in [0.29, 0.717) is 24.5 Å². The molecule has 2 aromatic rings. The Kier molecular flexibility index (Phi) is 4.29. The third-order valence-corrected chi connectivity index (χ3v) is 5.95. The summed E-state index contributed by atoms with van der Waals surface area (Å²) in [7, 11) is -3.43. The highest BCUT2D eigenvalue weighted by Gasteiger charge is 2.27. The van der Waals surface area contributed by atoms with Crippen LogP contribution in [-0.2, 0) is 29.4 Å². The highest BCUT2D eigenvalue weighted by atomic mass is 32.2. The second-order valence-corrected chi connectivity index (χ2v) is 7.48. The molecule has 0 unspecified atom stereocenters. The fourth-order valence-electron chi connectivity index (χ4n) is 2.82. The molecule has 1 aliphatic rings. The number of hydrogen-bond acceptors (Lipinski definition) is 3. The average molecular weight is 316 g/mol. The maximum atomic E-state index is 12.8. The van der Waals surface area contributed by atoms with E-state index in [1.54, 1.807) is 16.4 Å². The summed E-state index contributed by atoms with van der Waals surface area (Å²) in [6.45, 7) is 1.54. The molecule has 0 radical (unpaired) electrons. The van der Waals surface area contributed by atoms with Gasteiger partial charge in [-0.25, -0.2) is 8.42 Å². The number of fused-ring (bicyclic) bond motifs is 1. The molecule has 5 heteroatoms. The van der Waals surface area contributed by atoms with Gasteiger partial charge in [0.15, 0.2) is 0 Å². The number of sulfonamides is 1. The highest BCUT2D eigenvalue weighted by molar-refractivity contribution is 7.89. The van der Waals surface area contributed by atoms with Crippen molar-refractivity contribution in [1.29, 1.82) is 0 Å². The van der Waals surface area contributed by atoms with Gasteiger partial charge in [0.05, 0.1) is 4.90 Å². The van der Waals surface area contributed by atoms with Gasteiger partial charge in [0.2, 0.25) is 10.0 Å². The van der Waals surface area contributed by atoms with E-state index in [9.17, 15) is 8.42 Å². The summed E-state index contributed by atoms with van der Waals surface area (Å²) in [5, 5.41) is 0. The Morgan fingerprint density at radius 1 is 1.00 bits per heavy atom. The second kappa shape index (κ2) is 6.20. The van der Waals surface area contributed by atoms with Crippen molar-refractivity contribution in [3.63, 3.8) is 0 Å². The normalized spacial score (nSPS) is 15.5. The van der Waals surface area contributed by atoms with Crippen molar-refractivity contribution in [3.05, 3.63) is 65.2 Å². The van der Waals surface area contributed by atoms with Crippen molar-refractivity contribution in [1.82, 2.24) is 4.31 Å². The Hall–Kier alpha value is -1.69. The molecule has 0 amide bonds. The third kappa shape index (κ3) is 2.92. The van der Waals surface area contributed by atoms with Gasteiger partial charge in [0, 0.05) is 13.1 Å². The van der Waals surface area contributed by atoms with Crippen LogP contribution >= 0.6 is 0 Å². The van der Waals surface area contributed by atoms with Crippen LogP contribution in [0, 0.1) is 0 Å². The van der Waals surface area contributed by atoms with Crippen molar-refractivity contribution in [2.45, 2.75) is 24.3 Å². The van der Waals surface area contributed by atoms with Gasteiger partial charge in [0.1, 0.15) is 0 Å². The second-order valence-electron chi connectivity index (χ2n) is 5.54. The molecule has 1 aliphatic heterocycles. The first kappa shape index (κ1) is 15.2. The quantitative estimate of drug-likeness (QED) is 0.937. The lowest BCUT2D eigenvalue weighted by atomic mass is 10.0. The van der Waals surface area contributed by atoms with Crippen molar-refractivity contribution in [2.75, 3.05) is 13.1 Å². The minimum absolute atomic E-state index is 0.354. The lowest BCUT2D eigenvalue weighted by Gasteiger charge is -2.28. The van der Waals surface area contributed by atoms with Crippen LogP contribution in [0.1, 0.15) is 16.7 Å². The van der Waals surface area contributed by atoms with Crippen LogP contribution < -0.4 is 5.73 Å². The summed E-state index contributed by atoms with van der Waals surface area (Å²) in [4.78, 5) is 0.354. The van der Waals surface area contributed by atoms with E-state index >= 15 is 0 Å². The number of benzene rings is 2. The summed E-state index contributed by atoms with van der Waals surface area (Å²) in [6.07, 6.45) is 1.53. The van der Waals surface area contributed by atoms with Crippen LogP contribution in [-0.4, -0.2) is 25.8 Å². The van der Waals surface area contributed by atoms with Gasteiger partial charge in [-0.2, -0.15) is 4.31 Å². The summed E-state index contributed by atoms with van der Waals surface area (Å²) >= 11 is 0. The van der Waals surface area contributed by atoms with Gasteiger partial charge >= 0.3 is 0 Å². The number of rotatable bonds is 4. The van der Waals surface area contributed by atoms with Crippen LogP contribution in [0.25, 0.3) is 0 Å². The molecule has 116 valence electrons. The first-order valence-corrected chi connectivity index (χ1v) is 8.91. The molecule has 4 nitrogen and oxygen atoms in total. The highest BCUT2D eigenvalue weighted by Crippen LogP contribution is 2.25. The standard InChI is InChI=1S/C17H20N2O2S/c18-11-9-14-5-7-17(8-6-14)22(20,21)19-12-10-15-3-1-2-4-16(15)13-19/h1-8H,9-13,18H2. The maximum absolute atomic E-state index is 12.8. The molecule has 0 saturated heterocycles. The van der Waals surface area contributed by atoms with Crippen LogP contribution in [0.3, 0.4) is 0 Å². The minimum Gasteiger partial charge on any atom is -0.330 e. The van der Waals surface area contributed by atoms with Crippen LogP contribution in [0.5, 0.6) is 0 Å². The predicted molar refractivity (Wildman–Crippen MR) is 86.9 cm³/mol. The van der Waals surface area contributed by atoms with E-state index in [4.69, 9.17) is 5.73 Å². The minimum atomic E-state index is -3.43. The zero-order chi connectivity index (χ0) is 15.6. The Balaban J connectivity index is 1.84. The van der Waals surface area contributed by atoms with Gasteiger partial charge in [-0.15, -0.1) is 0 Å². The fraction of sp³-hybridized carbons (Fsp3) is 0.294. The zero-order valence-electron chi connectivity index (χ0n) is 12.4. The smallest absolute Gasteiger partial charge is 0.243 e. The van der Waals surface area contributed by atoms with Crippen LogP contribution in [0.2, 0.25) is 0 Å². The first-order valence-electron chi connectivity index (χ1n) is 7.47. The molecule has 0 saturated carbocycles. The molecule has 0 fully saturated rings. The van der Waals surface area contributed by atoms with E-state index in [2.05, 4.69) is 6.07 Å². The van der Waals surface area contributed by atoms with E-state index in [-0.39, 0.29) is 0 Å². The maximum Gasteiger partial charge on any atom is 0.243 e. The summed E-state index contributed by atoms with van der Waals surface area (Å²) in [6, 6.07) is 15.1. The summed E-state index contributed by atoms with van der Waals surface area (Å²) in [5.74, 6) is 0. The number of hydrogen-bond donors (Lipinski definition) is 1. The molecule has 2 aromatic carbocycles. The molecule has 2 N–H and O–H groups in total. The molecule has 0 bridgehead atoms. The first-order chi connectivity index (χ1) is 10.6. The molecule has 3 rings (SSSR count). The fourth-order valence-corrected chi connectivity index (χ4v) is 4.24. The van der Waals surface area contributed by atoms with Gasteiger partial charge < -0.3 is 5.73 Å². The summed E-state index contributed by atoms with van der Waals surface area (Å²) < 4.78 is 27.1.